The van der Waals surface area contributed by atoms with Crippen molar-refractivity contribution in [1.29, 1.82) is 0 Å². The molecule has 33 heavy (non-hydrogen) atoms. The van der Waals surface area contributed by atoms with Gasteiger partial charge in [0.25, 0.3) is 0 Å². The molecule has 0 fully saturated rings. The van der Waals surface area contributed by atoms with Gasteiger partial charge in [0.15, 0.2) is 0 Å². The lowest BCUT2D eigenvalue weighted by atomic mass is 10.0. The first-order chi connectivity index (χ1) is 15.6. The van der Waals surface area contributed by atoms with Crippen molar-refractivity contribution in [3.63, 3.8) is 0 Å². The fourth-order valence-corrected chi connectivity index (χ4v) is 3.68. The lowest BCUT2D eigenvalue weighted by molar-refractivity contribution is -0.0429. The second-order valence-corrected chi connectivity index (χ2v) is 9.00. The number of nitrogens with zero attached hydrogens (tertiary/aromatic N) is 1. The first kappa shape index (κ1) is 24.3. The van der Waals surface area contributed by atoms with Crippen molar-refractivity contribution in [2.45, 2.75) is 32.4 Å². The quantitative estimate of drug-likeness (QED) is 0.308. The van der Waals surface area contributed by atoms with Crippen LogP contribution in [-0.2, 0) is 21.5 Å². The molecule has 0 atom stereocenters. The van der Waals surface area contributed by atoms with Crippen LogP contribution in [0.15, 0.2) is 78.0 Å². The van der Waals surface area contributed by atoms with E-state index in [-0.39, 0.29) is 17.9 Å². The number of hydrogen-bond donors (Lipinski definition) is 1. The van der Waals surface area contributed by atoms with Crippen molar-refractivity contribution >= 4 is 21.4 Å². The van der Waals surface area contributed by atoms with E-state index in [2.05, 4.69) is 5.16 Å². The molecule has 0 heterocycles. The van der Waals surface area contributed by atoms with Crippen molar-refractivity contribution < 1.29 is 26.4 Å². The summed E-state index contributed by atoms with van der Waals surface area (Å²) >= 11 is 0. The number of halogens is 3. The normalized spacial score (nSPS) is 12.5. The van der Waals surface area contributed by atoms with Crippen LogP contribution in [0.1, 0.15) is 30.0 Å². The third kappa shape index (κ3) is 6.13. The minimum atomic E-state index is -5.56. The van der Waals surface area contributed by atoms with Gasteiger partial charge in [0.2, 0.25) is 0 Å². The number of nitrogens with one attached hydrogen (secondary N) is 1. The van der Waals surface area contributed by atoms with E-state index in [1.807, 2.05) is 54.6 Å². The Bertz CT molecular complexity index is 1220. The molecule has 0 amide bonds. The number of aryl methyl sites for hydroxylation is 1. The Morgan fingerprint density at radius 2 is 1.61 bits per heavy atom. The molecular formula is C24H23F3N2O3S. The summed E-state index contributed by atoms with van der Waals surface area (Å²) in [6.45, 7) is 3.64. The molecule has 3 rings (SSSR count). The summed E-state index contributed by atoms with van der Waals surface area (Å²) in [5, 5.41) is 4.08. The molecule has 0 bridgehead atoms. The van der Waals surface area contributed by atoms with Crippen LogP contribution in [0.3, 0.4) is 0 Å². The molecule has 5 nitrogen and oxygen atoms in total. The molecule has 3 aromatic carbocycles. The van der Waals surface area contributed by atoms with E-state index in [0.29, 0.717) is 12.1 Å². The summed E-state index contributed by atoms with van der Waals surface area (Å²) in [5.74, 6) is 0. The zero-order valence-electron chi connectivity index (χ0n) is 18.1. The average molecular weight is 477 g/mol. The Labute approximate surface area is 191 Å². The minimum absolute atomic E-state index is 0.147. The van der Waals surface area contributed by atoms with E-state index in [1.165, 1.54) is 12.1 Å². The van der Waals surface area contributed by atoms with Gasteiger partial charge in [0.1, 0.15) is 6.61 Å². The van der Waals surface area contributed by atoms with E-state index >= 15 is 0 Å². The van der Waals surface area contributed by atoms with E-state index in [9.17, 15) is 21.6 Å². The van der Waals surface area contributed by atoms with Gasteiger partial charge in [-0.1, -0.05) is 78.3 Å². The Morgan fingerprint density at radius 3 is 2.21 bits per heavy atom. The van der Waals surface area contributed by atoms with E-state index in [4.69, 9.17) is 4.84 Å². The largest absolute Gasteiger partial charge is 0.516 e. The fourth-order valence-electron chi connectivity index (χ4n) is 3.10. The molecule has 0 spiro atoms. The van der Waals surface area contributed by atoms with Gasteiger partial charge in [-0.3, -0.25) is 4.72 Å². The van der Waals surface area contributed by atoms with Crippen LogP contribution in [0.5, 0.6) is 0 Å². The molecule has 0 saturated carbocycles. The zero-order valence-corrected chi connectivity index (χ0v) is 18.9. The summed E-state index contributed by atoms with van der Waals surface area (Å²) < 4.78 is 63.3. The van der Waals surface area contributed by atoms with Crippen LogP contribution < -0.4 is 4.72 Å². The van der Waals surface area contributed by atoms with E-state index in [1.54, 1.807) is 24.6 Å². The average Bonchev–Trinajstić information content (AvgIpc) is 2.78. The summed E-state index contributed by atoms with van der Waals surface area (Å²) in [6, 6.07) is 22.0. The molecule has 0 aliphatic heterocycles. The summed E-state index contributed by atoms with van der Waals surface area (Å²) in [5.41, 5.74) is -1.36. The number of rotatable bonds is 8. The minimum Gasteiger partial charge on any atom is -0.391 e. The number of benzene rings is 3. The number of sulfonamides is 1. The SMILES string of the molecule is CC/C(=N\OCc1ccc(-c2ccccc2)cc1)c1cc(C)ccc1NS(=O)(=O)C(F)(F)F. The molecule has 0 aliphatic rings. The van der Waals surface area contributed by atoms with E-state index < -0.39 is 15.5 Å². The van der Waals surface area contributed by atoms with Crippen LogP contribution in [0.2, 0.25) is 0 Å². The molecule has 0 aromatic heterocycles. The molecule has 0 unspecified atom stereocenters. The summed E-state index contributed by atoms with van der Waals surface area (Å²) in [7, 11) is -5.56. The highest BCUT2D eigenvalue weighted by atomic mass is 32.2. The highest BCUT2D eigenvalue weighted by Crippen LogP contribution is 2.28. The third-order valence-corrected chi connectivity index (χ3v) is 5.93. The maximum Gasteiger partial charge on any atom is 0.516 e. The number of oxime groups is 1. The van der Waals surface area contributed by atoms with Crippen molar-refractivity contribution in [2.24, 2.45) is 5.16 Å². The fraction of sp³-hybridized carbons (Fsp3) is 0.208. The number of alkyl halides is 3. The van der Waals surface area contributed by atoms with Gasteiger partial charge in [-0.2, -0.15) is 21.6 Å². The predicted molar refractivity (Wildman–Crippen MR) is 123 cm³/mol. The maximum absolute atomic E-state index is 12.8. The molecule has 0 saturated heterocycles. The van der Waals surface area contributed by atoms with Gasteiger partial charge in [0.05, 0.1) is 11.4 Å². The summed E-state index contributed by atoms with van der Waals surface area (Å²) in [4.78, 5) is 5.45. The van der Waals surface area contributed by atoms with Gasteiger partial charge in [-0.05, 0) is 42.2 Å². The Balaban J connectivity index is 1.78. The van der Waals surface area contributed by atoms with Crippen LogP contribution in [0, 0.1) is 6.92 Å². The Kier molecular flexibility index (Phi) is 7.43. The van der Waals surface area contributed by atoms with Gasteiger partial charge in [-0.15, -0.1) is 0 Å². The maximum atomic E-state index is 12.8. The van der Waals surface area contributed by atoms with Crippen LogP contribution in [-0.4, -0.2) is 19.6 Å². The van der Waals surface area contributed by atoms with Gasteiger partial charge < -0.3 is 4.84 Å². The van der Waals surface area contributed by atoms with Crippen molar-refractivity contribution in [1.82, 2.24) is 0 Å². The monoisotopic (exact) mass is 476 g/mol. The topological polar surface area (TPSA) is 67.8 Å². The van der Waals surface area contributed by atoms with Crippen molar-refractivity contribution in [3.8, 4) is 11.1 Å². The second-order valence-electron chi connectivity index (χ2n) is 7.33. The molecule has 0 radical (unpaired) electrons. The lowest BCUT2D eigenvalue weighted by Gasteiger charge is -2.15. The van der Waals surface area contributed by atoms with Gasteiger partial charge in [-0.25, -0.2) is 0 Å². The van der Waals surface area contributed by atoms with Crippen LogP contribution in [0.4, 0.5) is 18.9 Å². The van der Waals surface area contributed by atoms with E-state index in [0.717, 1.165) is 22.3 Å². The van der Waals surface area contributed by atoms with Crippen molar-refractivity contribution in [3.05, 3.63) is 89.5 Å². The molecule has 3 aromatic rings. The first-order valence-corrected chi connectivity index (χ1v) is 11.6. The standard InChI is InChI=1S/C24H23F3N2O3S/c1-3-22(21-15-17(2)9-14-23(21)29-33(30,31)24(25,26)27)28-32-16-18-10-12-20(13-11-18)19-7-5-4-6-8-19/h4-15,29H,3,16H2,1-2H3/b28-22+. The molecular weight excluding hydrogens is 453 g/mol. The molecule has 9 heteroatoms. The molecule has 0 aliphatic carbocycles. The smallest absolute Gasteiger partial charge is 0.391 e. The Hall–Kier alpha value is -3.33. The molecule has 174 valence electrons. The first-order valence-electron chi connectivity index (χ1n) is 10.1. The lowest BCUT2D eigenvalue weighted by Crippen LogP contribution is -2.30. The van der Waals surface area contributed by atoms with Crippen LogP contribution >= 0.6 is 0 Å². The van der Waals surface area contributed by atoms with Crippen molar-refractivity contribution in [2.75, 3.05) is 4.72 Å². The zero-order chi connectivity index (χ0) is 24.1. The number of anilines is 1. The van der Waals surface area contributed by atoms with Crippen LogP contribution in [0.25, 0.3) is 11.1 Å². The highest BCUT2D eigenvalue weighted by Gasteiger charge is 2.46. The highest BCUT2D eigenvalue weighted by molar-refractivity contribution is 7.93. The molecule has 1 N–H and O–H groups in total. The summed E-state index contributed by atoms with van der Waals surface area (Å²) in [6.07, 6.45) is 0.317. The third-order valence-electron chi connectivity index (χ3n) is 4.84. The van der Waals surface area contributed by atoms with Gasteiger partial charge in [0, 0.05) is 5.56 Å². The van der Waals surface area contributed by atoms with Gasteiger partial charge >= 0.3 is 15.5 Å². The second kappa shape index (κ2) is 10.1. The predicted octanol–water partition coefficient (Wildman–Crippen LogP) is 6.25. The number of hydrogen-bond acceptors (Lipinski definition) is 4. The Morgan fingerprint density at radius 1 is 0.970 bits per heavy atom.